The Kier molecular flexibility index (Phi) is 4.32. The van der Waals surface area contributed by atoms with E-state index in [0.29, 0.717) is 35.2 Å². The monoisotopic (exact) mass is 301 g/mol. The zero-order valence-electron chi connectivity index (χ0n) is 10.4. The summed E-state index contributed by atoms with van der Waals surface area (Å²) in [5, 5.41) is 0.825. The molecule has 102 valence electrons. The zero-order chi connectivity index (χ0) is 14.0. The molecule has 1 heterocycles. The predicted molar refractivity (Wildman–Crippen MR) is 72.5 cm³/mol. The van der Waals surface area contributed by atoms with Gasteiger partial charge in [-0.1, -0.05) is 23.2 Å². The van der Waals surface area contributed by atoms with Crippen LogP contribution in [0.25, 0.3) is 0 Å². The van der Waals surface area contributed by atoms with Crippen molar-refractivity contribution in [1.82, 2.24) is 4.90 Å². The first-order valence-corrected chi connectivity index (χ1v) is 6.70. The molecule has 6 heteroatoms. The number of benzene rings is 1. The lowest BCUT2D eigenvalue weighted by Gasteiger charge is -2.20. The Hall–Kier alpha value is -1.26. The topological polar surface area (TPSA) is 46.6 Å². The lowest BCUT2D eigenvalue weighted by molar-refractivity contribution is -0.146. The number of carbonyl (C=O) groups excluding carboxylic acids is 2. The number of rotatable bonds is 3. The lowest BCUT2D eigenvalue weighted by atomic mass is 10.3. The van der Waals surface area contributed by atoms with Gasteiger partial charge in [0, 0.05) is 18.0 Å². The van der Waals surface area contributed by atoms with Crippen LogP contribution in [0.1, 0.15) is 19.8 Å². The van der Waals surface area contributed by atoms with E-state index in [9.17, 15) is 9.59 Å². The van der Waals surface area contributed by atoms with E-state index < -0.39 is 6.10 Å². The third-order valence-electron chi connectivity index (χ3n) is 2.88. The molecular formula is C13H13Cl2NO3. The number of imide groups is 1. The Morgan fingerprint density at radius 2 is 2.16 bits per heavy atom. The Balaban J connectivity index is 2.06. The molecule has 1 aromatic carbocycles. The zero-order valence-corrected chi connectivity index (χ0v) is 11.9. The summed E-state index contributed by atoms with van der Waals surface area (Å²) in [6.07, 6.45) is 0.361. The first-order valence-electron chi connectivity index (χ1n) is 5.95. The number of amides is 2. The fourth-order valence-electron chi connectivity index (χ4n) is 1.91. The molecule has 0 radical (unpaired) electrons. The molecule has 0 N–H and O–H groups in total. The van der Waals surface area contributed by atoms with E-state index in [2.05, 4.69) is 0 Å². The highest BCUT2D eigenvalue weighted by molar-refractivity contribution is 6.35. The summed E-state index contributed by atoms with van der Waals surface area (Å²) in [6, 6.07) is 4.76. The van der Waals surface area contributed by atoms with Gasteiger partial charge in [-0.3, -0.25) is 14.5 Å². The van der Waals surface area contributed by atoms with Crippen LogP contribution in [0.15, 0.2) is 18.2 Å². The average molecular weight is 302 g/mol. The standard InChI is InChI=1S/C13H13Cl2NO3/c1-8(13(18)16-6-2-3-12(16)17)19-11-5-4-9(14)7-10(11)15/h4-5,7-8H,2-3,6H2,1H3. The molecule has 0 aliphatic carbocycles. The smallest absolute Gasteiger partial charge is 0.269 e. The van der Waals surface area contributed by atoms with Crippen molar-refractivity contribution in [2.45, 2.75) is 25.9 Å². The molecule has 0 aromatic heterocycles. The number of halogens is 2. The minimum Gasteiger partial charge on any atom is -0.479 e. The maximum atomic E-state index is 12.0. The fraction of sp³-hybridized carbons (Fsp3) is 0.385. The van der Waals surface area contributed by atoms with Gasteiger partial charge in [0.05, 0.1) is 5.02 Å². The highest BCUT2D eigenvalue weighted by Gasteiger charge is 2.30. The van der Waals surface area contributed by atoms with Gasteiger partial charge < -0.3 is 4.74 Å². The van der Waals surface area contributed by atoms with Crippen LogP contribution in [0, 0.1) is 0 Å². The number of likely N-dealkylation sites (tertiary alicyclic amines) is 1. The minimum atomic E-state index is -0.763. The minimum absolute atomic E-state index is 0.150. The Labute approximate surface area is 121 Å². The van der Waals surface area contributed by atoms with Crippen molar-refractivity contribution in [3.8, 4) is 5.75 Å². The third-order valence-corrected chi connectivity index (χ3v) is 3.42. The maximum Gasteiger partial charge on any atom is 0.269 e. The second-order valence-corrected chi connectivity index (χ2v) is 5.17. The van der Waals surface area contributed by atoms with Crippen LogP contribution in [0.4, 0.5) is 0 Å². The van der Waals surface area contributed by atoms with Crippen LogP contribution in [-0.2, 0) is 9.59 Å². The van der Waals surface area contributed by atoms with E-state index in [1.165, 1.54) is 11.0 Å². The summed E-state index contributed by atoms with van der Waals surface area (Å²) in [5.74, 6) is -0.116. The maximum absolute atomic E-state index is 12.0. The summed E-state index contributed by atoms with van der Waals surface area (Å²) in [4.78, 5) is 24.8. The van der Waals surface area contributed by atoms with Crippen molar-refractivity contribution in [1.29, 1.82) is 0 Å². The van der Waals surface area contributed by atoms with Gasteiger partial charge in [0.25, 0.3) is 5.91 Å². The SMILES string of the molecule is CC(Oc1ccc(Cl)cc1Cl)C(=O)N1CCCC1=O. The van der Waals surface area contributed by atoms with E-state index >= 15 is 0 Å². The largest absolute Gasteiger partial charge is 0.479 e. The molecule has 1 unspecified atom stereocenters. The number of ether oxygens (including phenoxy) is 1. The molecule has 0 spiro atoms. The molecule has 0 bridgehead atoms. The van der Waals surface area contributed by atoms with Crippen LogP contribution in [0.5, 0.6) is 5.75 Å². The van der Waals surface area contributed by atoms with Crippen molar-refractivity contribution in [3.05, 3.63) is 28.2 Å². The third kappa shape index (κ3) is 3.19. The van der Waals surface area contributed by atoms with E-state index in [-0.39, 0.29) is 11.8 Å². The molecule has 1 atom stereocenters. The van der Waals surface area contributed by atoms with Gasteiger partial charge in [-0.25, -0.2) is 0 Å². The molecule has 2 rings (SSSR count). The van der Waals surface area contributed by atoms with Crippen LogP contribution in [0.3, 0.4) is 0 Å². The summed E-state index contributed by atoms with van der Waals surface area (Å²) in [6.45, 7) is 2.05. The molecule has 4 nitrogen and oxygen atoms in total. The Morgan fingerprint density at radius 1 is 1.42 bits per heavy atom. The number of hydrogen-bond donors (Lipinski definition) is 0. The average Bonchev–Trinajstić information content (AvgIpc) is 2.78. The summed E-state index contributed by atoms with van der Waals surface area (Å²) in [5.41, 5.74) is 0. The lowest BCUT2D eigenvalue weighted by Crippen LogP contribution is -2.41. The van der Waals surface area contributed by atoms with E-state index in [0.717, 1.165) is 0 Å². The molecule has 1 saturated heterocycles. The second kappa shape index (κ2) is 5.80. The molecule has 1 aliphatic heterocycles. The van der Waals surface area contributed by atoms with Crippen molar-refractivity contribution in [3.63, 3.8) is 0 Å². The Morgan fingerprint density at radius 3 is 2.74 bits per heavy atom. The van der Waals surface area contributed by atoms with Crippen molar-refractivity contribution in [2.75, 3.05) is 6.54 Å². The molecule has 2 amide bonds. The second-order valence-electron chi connectivity index (χ2n) is 4.32. The molecule has 1 aromatic rings. The fourth-order valence-corrected chi connectivity index (χ4v) is 2.37. The van der Waals surface area contributed by atoms with Crippen molar-refractivity contribution in [2.24, 2.45) is 0 Å². The Bertz CT molecular complexity index is 519. The van der Waals surface area contributed by atoms with Crippen LogP contribution < -0.4 is 4.74 Å². The van der Waals surface area contributed by atoms with E-state index in [1.54, 1.807) is 19.1 Å². The molecule has 0 saturated carbocycles. The van der Waals surface area contributed by atoms with Gasteiger partial charge in [-0.15, -0.1) is 0 Å². The normalized spacial score (nSPS) is 16.6. The highest BCUT2D eigenvalue weighted by atomic mass is 35.5. The molecule has 1 aliphatic rings. The highest BCUT2D eigenvalue weighted by Crippen LogP contribution is 2.28. The van der Waals surface area contributed by atoms with Crippen LogP contribution in [0.2, 0.25) is 10.0 Å². The number of nitrogens with zero attached hydrogens (tertiary/aromatic N) is 1. The van der Waals surface area contributed by atoms with Gasteiger partial charge in [0.2, 0.25) is 5.91 Å². The van der Waals surface area contributed by atoms with Crippen molar-refractivity contribution >= 4 is 35.0 Å². The first-order chi connectivity index (χ1) is 8.99. The number of hydrogen-bond acceptors (Lipinski definition) is 3. The van der Waals surface area contributed by atoms with Gasteiger partial charge >= 0.3 is 0 Å². The summed E-state index contributed by atoms with van der Waals surface area (Å²) < 4.78 is 5.49. The molecule has 19 heavy (non-hydrogen) atoms. The van der Waals surface area contributed by atoms with E-state index in [1.807, 2.05) is 0 Å². The van der Waals surface area contributed by atoms with Gasteiger partial charge in [0.1, 0.15) is 5.75 Å². The van der Waals surface area contributed by atoms with Gasteiger partial charge in [-0.2, -0.15) is 0 Å². The number of carbonyl (C=O) groups is 2. The summed E-state index contributed by atoms with van der Waals surface area (Å²) in [7, 11) is 0. The van der Waals surface area contributed by atoms with Crippen molar-refractivity contribution < 1.29 is 14.3 Å². The van der Waals surface area contributed by atoms with Gasteiger partial charge in [-0.05, 0) is 31.5 Å². The summed E-state index contributed by atoms with van der Waals surface area (Å²) >= 11 is 11.7. The van der Waals surface area contributed by atoms with Gasteiger partial charge in [0.15, 0.2) is 6.10 Å². The molecule has 1 fully saturated rings. The van der Waals surface area contributed by atoms with E-state index in [4.69, 9.17) is 27.9 Å². The van der Waals surface area contributed by atoms with Crippen LogP contribution in [-0.4, -0.2) is 29.4 Å². The van der Waals surface area contributed by atoms with Crippen LogP contribution >= 0.6 is 23.2 Å². The quantitative estimate of drug-likeness (QED) is 0.862. The first kappa shape index (κ1) is 14.2. The predicted octanol–water partition coefficient (Wildman–Crippen LogP) is 2.91. The molecular weight excluding hydrogens is 289 g/mol.